The van der Waals surface area contributed by atoms with Crippen molar-refractivity contribution in [1.29, 1.82) is 0 Å². The van der Waals surface area contributed by atoms with E-state index in [4.69, 9.17) is 0 Å². The number of hydrogen-bond acceptors (Lipinski definition) is 8. The Bertz CT molecular complexity index is 1250. The number of aryl methyl sites for hydroxylation is 1. The number of thioether (sulfide) groups is 1. The van der Waals surface area contributed by atoms with Crippen LogP contribution < -0.4 is 5.56 Å². The molecule has 1 aromatic carbocycles. The Balaban J connectivity index is 2.00. The smallest absolute Gasteiger partial charge is 0.282 e. The van der Waals surface area contributed by atoms with E-state index in [1.54, 1.807) is 19.1 Å². The van der Waals surface area contributed by atoms with Crippen LogP contribution in [-0.2, 0) is 0 Å². The molecule has 0 aliphatic carbocycles. The highest BCUT2D eigenvalue weighted by Gasteiger charge is 2.16. The standard InChI is InChI=1S/C15H11N7O3S/c1-8-3-4-9(22(24)25)7-11(8)20-6-5-10-12(13(20)23)17-18-14-16-15(26-2)19-21(10)14/h3-7H,1-2H3. The van der Waals surface area contributed by atoms with Crippen molar-refractivity contribution >= 4 is 34.3 Å². The molecule has 0 saturated carbocycles. The van der Waals surface area contributed by atoms with Gasteiger partial charge in [0.1, 0.15) is 5.52 Å². The predicted molar refractivity (Wildman–Crippen MR) is 94.9 cm³/mol. The van der Waals surface area contributed by atoms with E-state index in [2.05, 4.69) is 20.3 Å². The molecule has 0 aliphatic heterocycles. The first-order valence-corrected chi connectivity index (χ1v) is 8.66. The number of hydrogen-bond donors (Lipinski definition) is 0. The second kappa shape index (κ2) is 5.88. The first-order chi connectivity index (χ1) is 12.5. The lowest BCUT2D eigenvalue weighted by molar-refractivity contribution is -0.384. The summed E-state index contributed by atoms with van der Waals surface area (Å²) < 4.78 is 2.78. The molecule has 3 heterocycles. The van der Waals surface area contributed by atoms with Crippen LogP contribution in [-0.4, -0.2) is 40.5 Å². The zero-order valence-corrected chi connectivity index (χ0v) is 14.5. The SMILES string of the molecule is CSc1nc2nnc3c(=O)n(-c4cc([N+](=O)[O-])ccc4C)ccc3n2n1. The summed E-state index contributed by atoms with van der Waals surface area (Å²) in [5, 5.41) is 23.8. The van der Waals surface area contributed by atoms with Crippen molar-refractivity contribution in [2.45, 2.75) is 12.1 Å². The lowest BCUT2D eigenvalue weighted by Gasteiger charge is -2.09. The van der Waals surface area contributed by atoms with Gasteiger partial charge in [0.05, 0.1) is 10.6 Å². The zero-order chi connectivity index (χ0) is 18.4. The maximum atomic E-state index is 12.9. The van der Waals surface area contributed by atoms with Crippen molar-refractivity contribution in [2.24, 2.45) is 0 Å². The Kier molecular flexibility index (Phi) is 3.65. The van der Waals surface area contributed by atoms with Gasteiger partial charge in [0.25, 0.3) is 17.0 Å². The third kappa shape index (κ3) is 2.40. The molecule has 0 radical (unpaired) electrons. The van der Waals surface area contributed by atoms with Crippen LogP contribution in [0, 0.1) is 17.0 Å². The summed E-state index contributed by atoms with van der Waals surface area (Å²) in [6.07, 6.45) is 3.38. The second-order valence-electron chi connectivity index (χ2n) is 5.46. The van der Waals surface area contributed by atoms with Crippen LogP contribution in [0.15, 0.2) is 40.4 Å². The van der Waals surface area contributed by atoms with Gasteiger partial charge in [-0.15, -0.1) is 15.3 Å². The molecular formula is C15H11N7O3S. The van der Waals surface area contributed by atoms with Gasteiger partial charge in [0.15, 0.2) is 5.52 Å². The monoisotopic (exact) mass is 369 g/mol. The molecular weight excluding hydrogens is 358 g/mol. The molecule has 0 bridgehead atoms. The molecule has 3 aromatic heterocycles. The number of fused-ring (bicyclic) bond motifs is 3. The number of nitro groups is 1. The van der Waals surface area contributed by atoms with Gasteiger partial charge in [-0.3, -0.25) is 19.5 Å². The van der Waals surface area contributed by atoms with Gasteiger partial charge < -0.3 is 0 Å². The van der Waals surface area contributed by atoms with E-state index in [-0.39, 0.29) is 11.2 Å². The van der Waals surface area contributed by atoms with E-state index in [0.717, 1.165) is 5.56 Å². The third-order valence-corrected chi connectivity index (χ3v) is 4.47. The minimum Gasteiger partial charge on any atom is -0.282 e. The van der Waals surface area contributed by atoms with E-state index in [1.165, 1.54) is 39.2 Å². The Morgan fingerprint density at radius 3 is 2.77 bits per heavy atom. The Morgan fingerprint density at radius 2 is 2.04 bits per heavy atom. The van der Waals surface area contributed by atoms with Crippen LogP contribution in [0.5, 0.6) is 0 Å². The van der Waals surface area contributed by atoms with E-state index in [1.807, 2.05) is 6.26 Å². The maximum Gasteiger partial charge on any atom is 0.285 e. The van der Waals surface area contributed by atoms with Crippen molar-refractivity contribution in [2.75, 3.05) is 6.26 Å². The fourth-order valence-corrected chi connectivity index (χ4v) is 2.97. The summed E-state index contributed by atoms with van der Waals surface area (Å²) in [6.45, 7) is 1.77. The molecule has 0 saturated heterocycles. The van der Waals surface area contributed by atoms with Crippen molar-refractivity contribution in [3.63, 3.8) is 0 Å². The van der Waals surface area contributed by atoms with Crippen LogP contribution in [0.2, 0.25) is 0 Å². The molecule has 0 aliphatic rings. The number of nitrogens with zero attached hydrogens (tertiary/aromatic N) is 7. The molecule has 26 heavy (non-hydrogen) atoms. The average Bonchev–Trinajstić information content (AvgIpc) is 3.06. The summed E-state index contributed by atoms with van der Waals surface area (Å²) in [5.41, 5.74) is 1.16. The molecule has 10 nitrogen and oxygen atoms in total. The van der Waals surface area contributed by atoms with Gasteiger partial charge in [0.2, 0.25) is 5.16 Å². The summed E-state index contributed by atoms with van der Waals surface area (Å²) in [4.78, 5) is 27.6. The molecule has 11 heteroatoms. The third-order valence-electron chi connectivity index (χ3n) is 3.93. The summed E-state index contributed by atoms with van der Waals surface area (Å²) >= 11 is 1.36. The summed E-state index contributed by atoms with van der Waals surface area (Å²) in [6, 6.07) is 6.01. The molecule has 0 spiro atoms. The molecule has 0 N–H and O–H groups in total. The van der Waals surface area contributed by atoms with Crippen LogP contribution in [0.4, 0.5) is 5.69 Å². The number of benzene rings is 1. The molecule has 130 valence electrons. The molecule has 4 aromatic rings. The molecule has 0 atom stereocenters. The minimum atomic E-state index is -0.502. The van der Waals surface area contributed by atoms with Crippen molar-refractivity contribution < 1.29 is 4.92 Å². The topological polar surface area (TPSA) is 121 Å². The Morgan fingerprint density at radius 1 is 1.23 bits per heavy atom. The first-order valence-electron chi connectivity index (χ1n) is 7.44. The van der Waals surface area contributed by atoms with Crippen molar-refractivity contribution in [3.8, 4) is 5.69 Å². The predicted octanol–water partition coefficient (Wildman–Crippen LogP) is 1.76. The largest absolute Gasteiger partial charge is 0.285 e. The molecule has 0 fully saturated rings. The van der Waals surface area contributed by atoms with Gasteiger partial charge in [-0.25, -0.2) is 0 Å². The van der Waals surface area contributed by atoms with Gasteiger partial charge in [-0.1, -0.05) is 17.8 Å². The molecule has 4 rings (SSSR count). The van der Waals surface area contributed by atoms with Gasteiger partial charge in [-0.05, 0) is 24.8 Å². The maximum absolute atomic E-state index is 12.9. The lowest BCUT2D eigenvalue weighted by atomic mass is 10.1. The highest BCUT2D eigenvalue weighted by atomic mass is 32.2. The highest BCUT2D eigenvalue weighted by molar-refractivity contribution is 7.98. The summed E-state index contributed by atoms with van der Waals surface area (Å²) in [5.74, 6) is 0.297. The fraction of sp³-hybridized carbons (Fsp3) is 0.133. The van der Waals surface area contributed by atoms with Crippen LogP contribution in [0.3, 0.4) is 0 Å². The average molecular weight is 369 g/mol. The number of pyridine rings is 1. The van der Waals surface area contributed by atoms with Crippen LogP contribution in [0.25, 0.3) is 22.5 Å². The Labute approximate surface area is 149 Å². The number of aromatic nitrogens is 6. The van der Waals surface area contributed by atoms with Crippen molar-refractivity contribution in [1.82, 2.24) is 29.4 Å². The highest BCUT2D eigenvalue weighted by Crippen LogP contribution is 2.21. The van der Waals surface area contributed by atoms with E-state index >= 15 is 0 Å². The van der Waals surface area contributed by atoms with Gasteiger partial charge in [-0.2, -0.15) is 9.50 Å². The quantitative estimate of drug-likeness (QED) is 0.304. The fourth-order valence-electron chi connectivity index (χ4n) is 2.63. The van der Waals surface area contributed by atoms with Gasteiger partial charge >= 0.3 is 0 Å². The van der Waals surface area contributed by atoms with E-state index < -0.39 is 10.5 Å². The van der Waals surface area contributed by atoms with E-state index in [0.29, 0.717) is 22.1 Å². The van der Waals surface area contributed by atoms with E-state index in [9.17, 15) is 14.9 Å². The summed E-state index contributed by atoms with van der Waals surface area (Å²) in [7, 11) is 0. The molecule has 0 unspecified atom stereocenters. The van der Waals surface area contributed by atoms with Crippen molar-refractivity contribution in [3.05, 3.63) is 56.5 Å². The minimum absolute atomic E-state index is 0.0972. The van der Waals surface area contributed by atoms with Crippen LogP contribution in [0.1, 0.15) is 5.56 Å². The van der Waals surface area contributed by atoms with Crippen LogP contribution >= 0.6 is 11.8 Å². The number of rotatable bonds is 3. The lowest BCUT2D eigenvalue weighted by Crippen LogP contribution is -2.21. The number of non-ortho nitro benzene ring substituents is 1. The molecule has 0 amide bonds. The van der Waals surface area contributed by atoms with Gasteiger partial charge in [0, 0.05) is 18.3 Å². The first kappa shape index (κ1) is 16.1. The zero-order valence-electron chi connectivity index (χ0n) is 13.7. The Hall–Kier alpha value is -3.34. The normalized spacial score (nSPS) is 11.3. The number of nitro benzene ring substituents is 1. The second-order valence-corrected chi connectivity index (χ2v) is 6.24.